The van der Waals surface area contributed by atoms with Gasteiger partial charge in [-0.1, -0.05) is 175 Å². The van der Waals surface area contributed by atoms with Gasteiger partial charge in [-0.15, -0.1) is 0 Å². The van der Waals surface area contributed by atoms with Crippen LogP contribution < -0.4 is 10.6 Å². The Morgan fingerprint density at radius 1 is 0.548 bits per heavy atom. The van der Waals surface area contributed by atoms with Crippen molar-refractivity contribution in [2.75, 3.05) is 26.2 Å². The second kappa shape index (κ2) is 34.8. The predicted octanol–water partition coefficient (Wildman–Crippen LogP) is 17.5. The van der Waals surface area contributed by atoms with Gasteiger partial charge in [-0.25, -0.2) is 19.6 Å². The van der Waals surface area contributed by atoms with Gasteiger partial charge in [-0.2, -0.15) is 0 Å². The molecule has 2 aliphatic rings. The molecule has 10 rings (SSSR count). The number of alkyl carbamates (subject to hydrolysis) is 2. The monoisotopic (exact) mass is 1360 g/mol. The van der Waals surface area contributed by atoms with E-state index in [1.54, 1.807) is 0 Å². The molecule has 6 aromatic carbocycles. The Morgan fingerprint density at radius 2 is 0.978 bits per heavy atom. The number of unbranched alkanes of at least 4 members (excludes halogenated alkanes) is 2. The molecule has 0 saturated carbocycles. The maximum Gasteiger partial charge on any atom is 0.407 e. The number of carbonyl (C=O) groups is 4. The number of aromatic nitrogens is 4. The Hall–Kier alpha value is -7.20. The number of benzene rings is 6. The van der Waals surface area contributed by atoms with Gasteiger partial charge in [-0.3, -0.25) is 9.59 Å². The van der Waals surface area contributed by atoms with Gasteiger partial charge in [0, 0.05) is 85.0 Å². The van der Waals surface area contributed by atoms with Gasteiger partial charge in [0.15, 0.2) is 0 Å². The van der Waals surface area contributed by atoms with Crippen molar-refractivity contribution in [2.45, 2.75) is 186 Å². The van der Waals surface area contributed by atoms with Gasteiger partial charge in [0.1, 0.15) is 22.9 Å². The Bertz CT molecular complexity index is 3640. The lowest BCUT2D eigenvalue weighted by atomic mass is 9.86. The second-order valence-corrected chi connectivity index (χ2v) is 28.0. The fourth-order valence-electron chi connectivity index (χ4n) is 12.3. The quantitative estimate of drug-likeness (QED) is 0.0675. The number of piperidine rings is 2. The number of likely N-dealkylation sites (tertiary alicyclic amines) is 2. The maximum absolute atomic E-state index is 14.7. The molecule has 4 amide bonds. The van der Waals surface area contributed by atoms with Crippen LogP contribution in [0, 0.1) is 5.92 Å². The van der Waals surface area contributed by atoms with Crippen LogP contribution in [0.1, 0.15) is 159 Å². The molecule has 496 valence electrons. The molecule has 5 atom stereocenters. The molecule has 2 fully saturated rings. The lowest BCUT2D eigenvalue weighted by Gasteiger charge is -2.37. The minimum absolute atomic E-state index is 0.0333. The average Bonchev–Trinajstić information content (AvgIpc) is 1.69. The van der Waals surface area contributed by atoms with Gasteiger partial charge in [0.05, 0.1) is 28.0 Å². The average molecular weight is 1370 g/mol. The Labute approximate surface area is 569 Å². The normalized spacial score (nSPS) is 16.0. The fourth-order valence-corrected chi connectivity index (χ4v) is 12.9. The highest BCUT2D eigenvalue weighted by atomic mass is 79.9. The van der Waals surface area contributed by atoms with Gasteiger partial charge < -0.3 is 39.0 Å². The number of fused-ring (bicyclic) bond motifs is 2. The number of hydrogen-bond donors (Lipinski definition) is 2. The number of ether oxygens (including phenoxy) is 2. The van der Waals surface area contributed by atoms with Crippen LogP contribution in [0.5, 0.6) is 0 Å². The first kappa shape index (κ1) is 71.6. The molecule has 0 spiro atoms. The van der Waals surface area contributed by atoms with E-state index < -0.39 is 41.4 Å². The van der Waals surface area contributed by atoms with Crippen LogP contribution in [0.3, 0.4) is 0 Å². The van der Waals surface area contributed by atoms with Crippen LogP contribution in [0.25, 0.3) is 22.1 Å². The van der Waals surface area contributed by atoms with E-state index in [-0.39, 0.29) is 30.1 Å². The molecule has 14 nitrogen and oxygen atoms in total. The number of nitrogens with one attached hydrogen (secondary N) is 2. The standard InChI is InChI=1S/C38H47ClN4O3.C31H41ClN4O3.C7H7Br/c1-5-6-23-43-34-17-11-10-16-32(34)40-35(43)29-15-12-22-42(26-29)36(44)31(24-27-13-8-7-9-14-27)33(41-37(45)46-38(2,3)4)25-28-18-20-30(39)21-19-28;1-5-6-18-36-27-12-8-7-11-26(27)34-29(36)23-10-9-17-35(21-23)28(37)20-25(33-30(38)39-31(2,3)4)19-22-13-15-24(32)16-14-22;8-6-7-4-2-1-3-5-7/h7-11,13-14,16-21,29,31,33H,5-6,12,15,22-26H2,1-4H3,(H,41,45);7-8,11-16,23,25H,5-6,9-10,17-21H2,1-4H3,(H,33,38);1-5H,6H2/t29-,31?,33-;23-,25-;/m11./s1. The largest absolute Gasteiger partial charge is 0.444 e. The molecule has 0 aliphatic carbocycles. The highest BCUT2D eigenvalue weighted by Gasteiger charge is 2.38. The summed E-state index contributed by atoms with van der Waals surface area (Å²) in [4.78, 5) is 68.3. The third-order valence-corrected chi connectivity index (χ3v) is 17.9. The zero-order chi connectivity index (χ0) is 66.5. The minimum Gasteiger partial charge on any atom is -0.444 e. The number of nitrogens with zero attached hydrogens (tertiary/aromatic N) is 6. The SMILES string of the molecule is BrCc1ccccc1.CCCCn1c([C@@H]2CCCN(C(=O)C(Cc3ccccc3)[C@@H](Cc3ccc(Cl)cc3)NC(=O)OC(C)(C)C)C2)nc2ccccc21.CCCCn1c([C@@H]2CCCN(C(=O)C[C@@H](Cc3ccc(Cl)cc3)NC(=O)OC(C)(C)C)C2)nc2ccccc21. The zero-order valence-corrected chi connectivity index (χ0v) is 58.7. The summed E-state index contributed by atoms with van der Waals surface area (Å²) in [6, 6.07) is 51.1. The first-order chi connectivity index (χ1) is 44.7. The van der Waals surface area contributed by atoms with Gasteiger partial charge in [-0.05, 0) is 170 Å². The molecule has 2 N–H and O–H groups in total. The summed E-state index contributed by atoms with van der Waals surface area (Å²) in [6.45, 7) is 19.9. The number of alkyl halides is 1. The molecule has 93 heavy (non-hydrogen) atoms. The summed E-state index contributed by atoms with van der Waals surface area (Å²) in [5.41, 5.74) is 7.39. The van der Waals surface area contributed by atoms with E-state index in [2.05, 4.69) is 98.1 Å². The molecule has 1 unspecified atom stereocenters. The van der Waals surface area contributed by atoms with Crippen molar-refractivity contribution < 1.29 is 28.7 Å². The number of halogens is 3. The van der Waals surface area contributed by atoms with Crippen molar-refractivity contribution in [2.24, 2.45) is 5.92 Å². The molecule has 0 radical (unpaired) electrons. The summed E-state index contributed by atoms with van der Waals surface area (Å²) < 4.78 is 15.9. The number of amides is 4. The van der Waals surface area contributed by atoms with E-state index in [0.717, 1.165) is 120 Å². The van der Waals surface area contributed by atoms with E-state index in [0.29, 0.717) is 55.5 Å². The fraction of sp³-hybridized carbons (Fsp3) is 0.447. The molecule has 2 aromatic heterocycles. The van der Waals surface area contributed by atoms with Crippen LogP contribution in [0.15, 0.2) is 158 Å². The van der Waals surface area contributed by atoms with Crippen LogP contribution in [0.4, 0.5) is 9.59 Å². The highest BCUT2D eigenvalue weighted by molar-refractivity contribution is 9.08. The third-order valence-electron chi connectivity index (χ3n) is 16.8. The summed E-state index contributed by atoms with van der Waals surface area (Å²) in [5, 5.41) is 8.29. The summed E-state index contributed by atoms with van der Waals surface area (Å²) in [7, 11) is 0. The van der Waals surface area contributed by atoms with E-state index in [4.69, 9.17) is 42.6 Å². The van der Waals surface area contributed by atoms with E-state index in [1.165, 1.54) is 5.56 Å². The Balaban J connectivity index is 0.000000215. The molecule has 8 aromatic rings. The van der Waals surface area contributed by atoms with Crippen LogP contribution >= 0.6 is 39.1 Å². The molecule has 17 heteroatoms. The van der Waals surface area contributed by atoms with Crippen molar-refractivity contribution in [1.82, 2.24) is 39.5 Å². The molecular weight excluding hydrogens is 1270 g/mol. The predicted molar refractivity (Wildman–Crippen MR) is 380 cm³/mol. The Kier molecular flexibility index (Phi) is 26.8. The molecule has 4 heterocycles. The van der Waals surface area contributed by atoms with Crippen molar-refractivity contribution in [3.63, 3.8) is 0 Å². The van der Waals surface area contributed by atoms with Crippen molar-refractivity contribution in [1.29, 1.82) is 0 Å². The molecular formula is C76H95BrCl2N8O6. The summed E-state index contributed by atoms with van der Waals surface area (Å²) in [5.74, 6) is 2.02. The first-order valence-electron chi connectivity index (χ1n) is 33.3. The maximum atomic E-state index is 14.7. The lowest BCUT2D eigenvalue weighted by Crippen LogP contribution is -2.52. The number of hydrogen-bond acceptors (Lipinski definition) is 8. The third kappa shape index (κ3) is 21.9. The van der Waals surface area contributed by atoms with E-state index in [1.807, 2.05) is 161 Å². The smallest absolute Gasteiger partial charge is 0.407 e. The number of rotatable bonds is 21. The van der Waals surface area contributed by atoms with E-state index in [9.17, 15) is 19.2 Å². The molecule has 2 saturated heterocycles. The van der Waals surface area contributed by atoms with Crippen LogP contribution in [-0.2, 0) is 56.7 Å². The topological polar surface area (TPSA) is 153 Å². The summed E-state index contributed by atoms with van der Waals surface area (Å²) >= 11 is 15.6. The number of para-hydroxylation sites is 4. The van der Waals surface area contributed by atoms with E-state index >= 15 is 0 Å². The number of aryl methyl sites for hydroxylation is 2. The van der Waals surface area contributed by atoms with Crippen LogP contribution in [0.2, 0.25) is 10.0 Å². The van der Waals surface area contributed by atoms with Crippen molar-refractivity contribution >= 4 is 85.2 Å². The van der Waals surface area contributed by atoms with Gasteiger partial charge >= 0.3 is 12.2 Å². The minimum atomic E-state index is -0.669. The summed E-state index contributed by atoms with van der Waals surface area (Å²) in [6.07, 6.45) is 8.78. The van der Waals surface area contributed by atoms with Gasteiger partial charge in [0.25, 0.3) is 0 Å². The van der Waals surface area contributed by atoms with Crippen LogP contribution in [-0.4, -0.2) is 102 Å². The Morgan fingerprint density at radius 3 is 1.45 bits per heavy atom. The number of imidazole rings is 2. The highest BCUT2D eigenvalue weighted by Crippen LogP contribution is 2.34. The number of carbonyl (C=O) groups excluding carboxylic acids is 4. The zero-order valence-electron chi connectivity index (χ0n) is 55.6. The molecule has 2 aliphatic heterocycles. The first-order valence-corrected chi connectivity index (χ1v) is 35.1. The lowest BCUT2D eigenvalue weighted by molar-refractivity contribution is -0.138. The van der Waals surface area contributed by atoms with Gasteiger partial charge in [0.2, 0.25) is 11.8 Å². The molecule has 0 bridgehead atoms. The second-order valence-electron chi connectivity index (χ2n) is 26.6. The van der Waals surface area contributed by atoms with Crippen molar-refractivity contribution in [3.8, 4) is 0 Å². The van der Waals surface area contributed by atoms with Crippen molar-refractivity contribution in [3.05, 3.63) is 202 Å².